The van der Waals surface area contributed by atoms with Crippen LogP contribution in [0.2, 0.25) is 0 Å². The highest BCUT2D eigenvalue weighted by atomic mass is 15.0. The fourth-order valence-electron chi connectivity index (χ4n) is 1.45. The summed E-state index contributed by atoms with van der Waals surface area (Å²) in [5, 5.41) is 6.94. The third kappa shape index (κ3) is 23.2. The molecule has 0 saturated carbocycles. The first-order valence-electron chi connectivity index (χ1n) is 7.53. The lowest BCUT2D eigenvalue weighted by Crippen LogP contribution is -2.40. The maximum absolute atomic E-state index is 3.47. The van der Waals surface area contributed by atoms with Gasteiger partial charge in [0.15, 0.2) is 0 Å². The summed E-state index contributed by atoms with van der Waals surface area (Å²) >= 11 is 0. The van der Waals surface area contributed by atoms with Gasteiger partial charge in [0.1, 0.15) is 0 Å². The molecule has 0 spiro atoms. The summed E-state index contributed by atoms with van der Waals surface area (Å²) < 4.78 is 0. The monoisotopic (exact) mass is 276 g/mol. The van der Waals surface area contributed by atoms with Crippen molar-refractivity contribution in [2.24, 2.45) is 0 Å². The first-order valence-corrected chi connectivity index (χ1v) is 7.53. The maximum atomic E-state index is 3.47. The second kappa shape index (κ2) is 15.7. The Morgan fingerprint density at radius 3 is 2.11 bits per heavy atom. The molecule has 0 bridgehead atoms. The lowest BCUT2D eigenvalue weighted by molar-refractivity contribution is 0.421. The van der Waals surface area contributed by atoms with E-state index in [2.05, 4.69) is 51.3 Å². The number of hydrogen-bond acceptors (Lipinski definition) is 2. The molecule has 0 atom stereocenters. The van der Waals surface area contributed by atoms with Gasteiger partial charge in [-0.05, 0) is 60.4 Å². The molecule has 2 heteroatoms. The number of allylic oxidation sites excluding steroid dienone is 2. The predicted molar refractivity (Wildman–Crippen MR) is 96.2 cm³/mol. The predicted octanol–water partition coefficient (Wildman–Crippen LogP) is 5.25. The van der Waals surface area contributed by atoms with Crippen LogP contribution in [-0.4, -0.2) is 25.2 Å². The Hall–Kier alpha value is -0.340. The van der Waals surface area contributed by atoms with Crippen LogP contribution in [0.5, 0.6) is 0 Å². The van der Waals surface area contributed by atoms with Gasteiger partial charge in [-0.2, -0.15) is 0 Å². The van der Waals surface area contributed by atoms with E-state index in [9.17, 15) is 0 Å². The van der Waals surface area contributed by atoms with Gasteiger partial charge in [-0.1, -0.05) is 32.9 Å². The van der Waals surface area contributed by atoms with Crippen molar-refractivity contribution >= 4 is 0 Å². The molecular formula is C17H44N2. The smallest absolute Gasteiger partial charge is 0.00970 e. The molecule has 0 aromatic rings. The van der Waals surface area contributed by atoms with Crippen molar-refractivity contribution in [2.45, 2.75) is 80.7 Å². The molecule has 0 unspecified atom stereocenters. The maximum Gasteiger partial charge on any atom is 0.00970 e. The summed E-state index contributed by atoms with van der Waals surface area (Å²) in [7, 11) is 0. The third-order valence-corrected chi connectivity index (χ3v) is 2.62. The summed E-state index contributed by atoms with van der Waals surface area (Å²) in [6.45, 7) is 18.2. The lowest BCUT2D eigenvalue weighted by atomic mass is 10.1. The molecule has 0 heterocycles. The topological polar surface area (TPSA) is 24.1 Å². The Labute approximate surface area is 126 Å². The quantitative estimate of drug-likeness (QED) is 0.467. The molecule has 0 fully saturated rings. The summed E-state index contributed by atoms with van der Waals surface area (Å²) in [4.78, 5) is 0. The molecule has 2 nitrogen and oxygen atoms in total. The number of nitrogens with one attached hydrogen (secondary N) is 2. The van der Waals surface area contributed by atoms with Crippen LogP contribution >= 0.6 is 0 Å². The lowest BCUT2D eigenvalue weighted by Gasteiger charge is -2.20. The SMILES string of the molecule is C.C/C=C(/C)CCCCNCCNC(C)(C)C.CC.[HH].[HH]. The Balaban J connectivity index is -0.000000163. The number of rotatable bonds is 8. The average molecular weight is 277 g/mol. The second-order valence-corrected chi connectivity index (χ2v) is 5.52. The molecule has 0 amide bonds. The minimum Gasteiger partial charge on any atom is -0.315 e. The average Bonchev–Trinajstić information content (AvgIpc) is 2.33. The Kier molecular flexibility index (Phi) is 19.6. The Morgan fingerprint density at radius 2 is 1.63 bits per heavy atom. The normalized spacial score (nSPS) is 11.4. The third-order valence-electron chi connectivity index (χ3n) is 2.62. The molecule has 0 aliphatic carbocycles. The minimum atomic E-state index is 0. The Bertz CT molecular complexity index is 199. The molecule has 122 valence electrons. The fourth-order valence-corrected chi connectivity index (χ4v) is 1.45. The van der Waals surface area contributed by atoms with E-state index in [-0.39, 0.29) is 15.8 Å². The van der Waals surface area contributed by atoms with Gasteiger partial charge in [0.2, 0.25) is 0 Å². The van der Waals surface area contributed by atoms with E-state index in [1.807, 2.05) is 13.8 Å². The molecule has 19 heavy (non-hydrogen) atoms. The highest BCUT2D eigenvalue weighted by Crippen LogP contribution is 2.04. The first kappa shape index (κ1) is 23.7. The van der Waals surface area contributed by atoms with Gasteiger partial charge in [0, 0.05) is 21.5 Å². The van der Waals surface area contributed by atoms with Crippen molar-refractivity contribution in [1.82, 2.24) is 10.6 Å². The van der Waals surface area contributed by atoms with E-state index in [0.29, 0.717) is 0 Å². The van der Waals surface area contributed by atoms with E-state index in [4.69, 9.17) is 0 Å². The summed E-state index contributed by atoms with van der Waals surface area (Å²) in [5.41, 5.74) is 1.75. The molecule has 0 aromatic heterocycles. The zero-order chi connectivity index (χ0) is 14.4. The van der Waals surface area contributed by atoms with E-state index < -0.39 is 0 Å². The zero-order valence-electron chi connectivity index (χ0n) is 13.8. The van der Waals surface area contributed by atoms with Crippen molar-refractivity contribution < 1.29 is 2.85 Å². The zero-order valence-corrected chi connectivity index (χ0v) is 13.8. The van der Waals surface area contributed by atoms with Gasteiger partial charge >= 0.3 is 0 Å². The molecule has 0 saturated heterocycles. The van der Waals surface area contributed by atoms with Crippen molar-refractivity contribution in [1.29, 1.82) is 0 Å². The van der Waals surface area contributed by atoms with Gasteiger partial charge in [0.25, 0.3) is 0 Å². The van der Waals surface area contributed by atoms with Gasteiger partial charge in [-0.15, -0.1) is 0 Å². The summed E-state index contributed by atoms with van der Waals surface area (Å²) in [6.07, 6.45) is 6.04. The summed E-state index contributed by atoms with van der Waals surface area (Å²) in [5.74, 6) is 0. The van der Waals surface area contributed by atoms with Crippen LogP contribution in [0, 0.1) is 0 Å². The molecule has 0 aliphatic heterocycles. The highest BCUT2D eigenvalue weighted by molar-refractivity contribution is 4.94. The van der Waals surface area contributed by atoms with Crippen LogP contribution in [0.3, 0.4) is 0 Å². The van der Waals surface area contributed by atoms with Crippen molar-refractivity contribution in [3.8, 4) is 0 Å². The van der Waals surface area contributed by atoms with Crippen LogP contribution in [0.1, 0.15) is 78.0 Å². The highest BCUT2D eigenvalue weighted by Gasteiger charge is 2.06. The molecule has 0 aromatic carbocycles. The van der Waals surface area contributed by atoms with Gasteiger partial charge < -0.3 is 10.6 Å². The van der Waals surface area contributed by atoms with E-state index in [1.165, 1.54) is 24.8 Å². The Morgan fingerprint density at radius 1 is 1.05 bits per heavy atom. The molecular weight excluding hydrogens is 232 g/mol. The van der Waals surface area contributed by atoms with Crippen LogP contribution in [0.25, 0.3) is 0 Å². The fraction of sp³-hybridized carbons (Fsp3) is 0.882. The first-order chi connectivity index (χ1) is 8.45. The van der Waals surface area contributed by atoms with Gasteiger partial charge in [-0.25, -0.2) is 0 Å². The summed E-state index contributed by atoms with van der Waals surface area (Å²) in [6, 6.07) is 0. The van der Waals surface area contributed by atoms with E-state index >= 15 is 0 Å². The number of hydrogen-bond donors (Lipinski definition) is 2. The van der Waals surface area contributed by atoms with Crippen LogP contribution < -0.4 is 10.6 Å². The van der Waals surface area contributed by atoms with E-state index in [1.54, 1.807) is 0 Å². The standard InChI is InChI=1S/C14H30N2.C2H6.CH4.2H2/c1-6-13(2)9-7-8-10-15-11-12-16-14(3,4)5;1-2;;;/h6,15-16H,7-12H2,1-5H3;1-2H3;1H4;2*1H/b13-6-;;;;. The molecule has 0 rings (SSSR count). The molecule has 2 N–H and O–H groups in total. The van der Waals surface area contributed by atoms with Gasteiger partial charge in [-0.3, -0.25) is 0 Å². The van der Waals surface area contributed by atoms with Crippen LogP contribution in [-0.2, 0) is 0 Å². The minimum absolute atomic E-state index is 0. The van der Waals surface area contributed by atoms with Crippen molar-refractivity contribution in [2.75, 3.05) is 19.6 Å². The molecule has 0 aliphatic rings. The largest absolute Gasteiger partial charge is 0.315 e. The van der Waals surface area contributed by atoms with Gasteiger partial charge in [0.05, 0.1) is 0 Å². The van der Waals surface area contributed by atoms with Crippen LogP contribution in [0.15, 0.2) is 11.6 Å². The van der Waals surface area contributed by atoms with Crippen molar-refractivity contribution in [3.05, 3.63) is 11.6 Å². The number of unbranched alkanes of at least 4 members (excludes halogenated alkanes) is 1. The van der Waals surface area contributed by atoms with Crippen LogP contribution in [0.4, 0.5) is 0 Å². The van der Waals surface area contributed by atoms with Crippen molar-refractivity contribution in [3.63, 3.8) is 0 Å². The molecule has 0 radical (unpaired) electrons. The van der Waals surface area contributed by atoms with E-state index in [0.717, 1.165) is 19.6 Å². The second-order valence-electron chi connectivity index (χ2n) is 5.52.